The second-order valence-electron chi connectivity index (χ2n) is 3.10. The second kappa shape index (κ2) is 3.00. The van der Waals surface area contributed by atoms with E-state index in [1.165, 1.54) is 21.1 Å². The Balaban J connectivity index is 2.33. The Hall–Kier alpha value is -1.00. The van der Waals surface area contributed by atoms with Gasteiger partial charge in [0.2, 0.25) is 0 Å². The van der Waals surface area contributed by atoms with E-state index < -0.39 is 0 Å². The fourth-order valence-corrected chi connectivity index (χ4v) is 3.61. The number of thiazole rings is 1. The summed E-state index contributed by atoms with van der Waals surface area (Å²) < 4.78 is 0. The van der Waals surface area contributed by atoms with Crippen LogP contribution in [0.3, 0.4) is 0 Å². The van der Waals surface area contributed by atoms with Crippen molar-refractivity contribution in [1.82, 2.24) is 4.98 Å². The molecule has 0 saturated heterocycles. The minimum Gasteiger partial charge on any atom is -0.312 e. The smallest absolute Gasteiger partial charge is 0.305 e. The summed E-state index contributed by atoms with van der Waals surface area (Å²) in [5.74, 6) is 0.912. The first-order valence-corrected chi connectivity index (χ1v) is 6.09. The van der Waals surface area contributed by atoms with E-state index in [0.717, 1.165) is 17.0 Å². The highest BCUT2D eigenvalue weighted by atomic mass is 32.2. The monoisotopic (exact) mass is 221 g/mol. The SMILES string of the molecule is O=c1[nH]c2c(s1)CSc1ccccc1-2. The van der Waals surface area contributed by atoms with E-state index in [0.29, 0.717) is 0 Å². The van der Waals surface area contributed by atoms with Gasteiger partial charge in [-0.3, -0.25) is 4.79 Å². The molecule has 0 amide bonds. The highest BCUT2D eigenvalue weighted by Gasteiger charge is 2.18. The predicted molar refractivity (Wildman–Crippen MR) is 59.9 cm³/mol. The van der Waals surface area contributed by atoms with Gasteiger partial charge < -0.3 is 4.98 Å². The summed E-state index contributed by atoms with van der Waals surface area (Å²) in [6.07, 6.45) is 0. The normalized spacial score (nSPS) is 13.4. The molecule has 3 rings (SSSR count). The average molecular weight is 221 g/mol. The minimum atomic E-state index is 0.0484. The van der Waals surface area contributed by atoms with Gasteiger partial charge in [-0.25, -0.2) is 0 Å². The van der Waals surface area contributed by atoms with Gasteiger partial charge in [-0.1, -0.05) is 29.5 Å². The van der Waals surface area contributed by atoms with Gasteiger partial charge in [-0.15, -0.1) is 11.8 Å². The summed E-state index contributed by atoms with van der Waals surface area (Å²) in [6.45, 7) is 0. The molecule has 2 aromatic rings. The molecule has 1 aliphatic heterocycles. The maximum atomic E-state index is 11.2. The Labute approximate surface area is 89.0 Å². The maximum Gasteiger partial charge on any atom is 0.305 e. The molecule has 0 fully saturated rings. The Bertz CT molecular complexity index is 541. The average Bonchev–Trinajstić information content (AvgIpc) is 2.59. The van der Waals surface area contributed by atoms with Gasteiger partial charge in [0.05, 0.1) is 5.69 Å². The van der Waals surface area contributed by atoms with Gasteiger partial charge in [-0.2, -0.15) is 0 Å². The van der Waals surface area contributed by atoms with E-state index in [2.05, 4.69) is 17.1 Å². The first kappa shape index (κ1) is 8.32. The highest BCUT2D eigenvalue weighted by Crippen LogP contribution is 2.40. The molecule has 0 atom stereocenters. The molecule has 1 aliphatic rings. The predicted octanol–water partition coefficient (Wildman–Crippen LogP) is 2.71. The van der Waals surface area contributed by atoms with Crippen LogP contribution in [-0.4, -0.2) is 4.98 Å². The topological polar surface area (TPSA) is 32.9 Å². The number of rotatable bonds is 0. The largest absolute Gasteiger partial charge is 0.312 e. The zero-order valence-corrected chi connectivity index (χ0v) is 8.87. The van der Waals surface area contributed by atoms with Crippen molar-refractivity contribution in [3.8, 4) is 11.3 Å². The van der Waals surface area contributed by atoms with Crippen molar-refractivity contribution in [2.45, 2.75) is 10.6 Å². The Kier molecular flexibility index (Phi) is 1.78. The fraction of sp³-hybridized carbons (Fsp3) is 0.100. The quantitative estimate of drug-likeness (QED) is 0.742. The molecule has 2 nitrogen and oxygen atoms in total. The Morgan fingerprint density at radius 2 is 2.14 bits per heavy atom. The van der Waals surface area contributed by atoms with Crippen LogP contribution < -0.4 is 4.87 Å². The van der Waals surface area contributed by atoms with E-state index in [1.54, 1.807) is 11.8 Å². The molecule has 0 unspecified atom stereocenters. The highest BCUT2D eigenvalue weighted by molar-refractivity contribution is 7.98. The third kappa shape index (κ3) is 1.14. The number of nitrogens with one attached hydrogen (secondary N) is 1. The van der Waals surface area contributed by atoms with Crippen LogP contribution in [-0.2, 0) is 5.75 Å². The van der Waals surface area contributed by atoms with Crippen molar-refractivity contribution >= 4 is 23.1 Å². The number of fused-ring (bicyclic) bond motifs is 3. The number of H-pyrrole nitrogens is 1. The lowest BCUT2D eigenvalue weighted by molar-refractivity contribution is 1.26. The van der Waals surface area contributed by atoms with Gasteiger partial charge in [0.15, 0.2) is 0 Å². The number of aromatic nitrogens is 1. The fourth-order valence-electron chi connectivity index (χ4n) is 1.62. The van der Waals surface area contributed by atoms with E-state index in [9.17, 15) is 4.79 Å². The molecule has 1 aromatic heterocycles. The van der Waals surface area contributed by atoms with E-state index in [1.807, 2.05) is 12.1 Å². The standard InChI is InChI=1S/C10H7NOS2/c12-10-11-9-6-3-1-2-4-7(6)13-5-8(9)14-10/h1-4H,5H2,(H,11,12). The van der Waals surface area contributed by atoms with Crippen LogP contribution in [0.5, 0.6) is 0 Å². The van der Waals surface area contributed by atoms with Crippen molar-refractivity contribution in [3.63, 3.8) is 0 Å². The molecular weight excluding hydrogens is 214 g/mol. The maximum absolute atomic E-state index is 11.2. The molecule has 0 spiro atoms. The third-order valence-electron chi connectivity index (χ3n) is 2.24. The van der Waals surface area contributed by atoms with Crippen molar-refractivity contribution in [2.75, 3.05) is 0 Å². The molecule has 1 aromatic carbocycles. The van der Waals surface area contributed by atoms with Crippen LogP contribution in [0, 0.1) is 0 Å². The van der Waals surface area contributed by atoms with Gasteiger partial charge in [-0.05, 0) is 6.07 Å². The summed E-state index contributed by atoms with van der Waals surface area (Å²) in [6, 6.07) is 8.19. The first-order chi connectivity index (χ1) is 6.84. The molecule has 4 heteroatoms. The number of thioether (sulfide) groups is 1. The van der Waals surface area contributed by atoms with Crippen LogP contribution in [0.1, 0.15) is 4.88 Å². The van der Waals surface area contributed by atoms with Gasteiger partial charge in [0.1, 0.15) is 0 Å². The number of benzene rings is 1. The van der Waals surface area contributed by atoms with Crippen LogP contribution in [0.2, 0.25) is 0 Å². The van der Waals surface area contributed by atoms with Gasteiger partial charge >= 0.3 is 4.87 Å². The number of hydrogen-bond acceptors (Lipinski definition) is 3. The summed E-state index contributed by atoms with van der Waals surface area (Å²) >= 11 is 3.12. The second-order valence-corrected chi connectivity index (χ2v) is 5.18. The third-order valence-corrected chi connectivity index (χ3v) is 4.40. The van der Waals surface area contributed by atoms with Gasteiger partial charge in [0, 0.05) is 21.1 Å². The summed E-state index contributed by atoms with van der Waals surface area (Å²) in [4.78, 5) is 16.6. The molecule has 0 saturated carbocycles. The Morgan fingerprint density at radius 1 is 1.29 bits per heavy atom. The van der Waals surface area contributed by atoms with Crippen LogP contribution in [0.4, 0.5) is 0 Å². The van der Waals surface area contributed by atoms with Crippen molar-refractivity contribution in [3.05, 3.63) is 38.8 Å². The summed E-state index contributed by atoms with van der Waals surface area (Å²) in [5, 5.41) is 0. The zero-order chi connectivity index (χ0) is 9.54. The van der Waals surface area contributed by atoms with Gasteiger partial charge in [0.25, 0.3) is 0 Å². The molecule has 1 N–H and O–H groups in total. The van der Waals surface area contributed by atoms with E-state index >= 15 is 0 Å². The molecule has 0 radical (unpaired) electrons. The molecule has 70 valence electrons. The van der Waals surface area contributed by atoms with E-state index in [-0.39, 0.29) is 4.87 Å². The molecule has 2 heterocycles. The summed E-state index contributed by atoms with van der Waals surface area (Å²) in [7, 11) is 0. The lowest BCUT2D eigenvalue weighted by atomic mass is 10.1. The molecule has 0 bridgehead atoms. The van der Waals surface area contributed by atoms with Crippen molar-refractivity contribution < 1.29 is 0 Å². The molecule has 0 aliphatic carbocycles. The van der Waals surface area contributed by atoms with Crippen LogP contribution in [0.15, 0.2) is 34.0 Å². The number of aromatic amines is 1. The van der Waals surface area contributed by atoms with E-state index in [4.69, 9.17) is 0 Å². The molecular formula is C10H7NOS2. The molecule has 14 heavy (non-hydrogen) atoms. The Morgan fingerprint density at radius 3 is 3.07 bits per heavy atom. The zero-order valence-electron chi connectivity index (χ0n) is 7.24. The summed E-state index contributed by atoms with van der Waals surface area (Å²) in [5.41, 5.74) is 2.19. The lowest BCUT2D eigenvalue weighted by Gasteiger charge is -2.13. The minimum absolute atomic E-state index is 0.0484. The van der Waals surface area contributed by atoms with Crippen LogP contribution >= 0.6 is 23.1 Å². The van der Waals surface area contributed by atoms with Crippen LogP contribution in [0.25, 0.3) is 11.3 Å². The van der Waals surface area contributed by atoms with Crippen molar-refractivity contribution in [2.24, 2.45) is 0 Å². The number of hydrogen-bond donors (Lipinski definition) is 1. The van der Waals surface area contributed by atoms with Crippen molar-refractivity contribution in [1.29, 1.82) is 0 Å². The first-order valence-electron chi connectivity index (χ1n) is 4.29. The lowest BCUT2D eigenvalue weighted by Crippen LogP contribution is -1.95.